The van der Waals surface area contributed by atoms with Crippen LogP contribution in [0, 0.1) is 5.92 Å². The van der Waals surface area contributed by atoms with Crippen LogP contribution in [0.3, 0.4) is 0 Å². The highest BCUT2D eigenvalue weighted by atomic mass is 16.5. The fourth-order valence-corrected chi connectivity index (χ4v) is 1.93. The van der Waals surface area contributed by atoms with Crippen LogP contribution < -0.4 is 0 Å². The van der Waals surface area contributed by atoms with Crippen molar-refractivity contribution < 1.29 is 14.3 Å². The Morgan fingerprint density at radius 1 is 1.50 bits per heavy atom. The molecule has 0 aromatic heterocycles. The van der Waals surface area contributed by atoms with Crippen molar-refractivity contribution in [3.05, 3.63) is 0 Å². The van der Waals surface area contributed by atoms with E-state index in [0.29, 0.717) is 0 Å². The fraction of sp³-hybridized carbons (Fsp3) is 0.833. The van der Waals surface area contributed by atoms with E-state index in [4.69, 9.17) is 4.74 Å². The largest absolute Gasteiger partial charge is 0.461 e. The third-order valence-electron chi connectivity index (χ3n) is 3.20. The number of hydrogen-bond donors (Lipinski definition) is 0. The van der Waals surface area contributed by atoms with Crippen molar-refractivity contribution in [2.24, 2.45) is 10.9 Å². The van der Waals surface area contributed by atoms with E-state index in [9.17, 15) is 9.59 Å². The van der Waals surface area contributed by atoms with Gasteiger partial charge >= 0.3 is 5.97 Å². The number of aliphatic imine (C=N–C) groups is 1. The van der Waals surface area contributed by atoms with Gasteiger partial charge in [-0.25, -0.2) is 9.59 Å². The Morgan fingerprint density at radius 2 is 2.12 bits per heavy atom. The lowest BCUT2D eigenvalue weighted by atomic mass is 10.00. The number of ether oxygens (including phenoxy) is 1. The van der Waals surface area contributed by atoms with Gasteiger partial charge in [-0.1, -0.05) is 20.3 Å². The van der Waals surface area contributed by atoms with E-state index in [2.05, 4.69) is 4.99 Å². The van der Waals surface area contributed by atoms with Gasteiger partial charge in [-0.05, 0) is 31.6 Å². The van der Waals surface area contributed by atoms with Gasteiger partial charge in [0.05, 0.1) is 0 Å². The van der Waals surface area contributed by atoms with E-state index in [0.717, 1.165) is 32.1 Å². The molecule has 0 amide bonds. The standard InChI is InChI=1S/C12H19NO3/c1-3-9(2)11(13-8-14)12(15)16-10-6-4-5-7-10/h9-11H,3-7H2,1-2H3. The van der Waals surface area contributed by atoms with Gasteiger partial charge in [0.2, 0.25) is 6.08 Å². The summed E-state index contributed by atoms with van der Waals surface area (Å²) in [5.41, 5.74) is 0. The highest BCUT2D eigenvalue weighted by Crippen LogP contribution is 2.23. The SMILES string of the molecule is CCC(C)C(N=C=O)C(=O)OC1CCCC1. The van der Waals surface area contributed by atoms with Gasteiger partial charge in [-0.2, -0.15) is 4.99 Å². The summed E-state index contributed by atoms with van der Waals surface area (Å²) in [6.07, 6.45) is 6.38. The molecule has 4 heteroatoms. The molecule has 0 bridgehead atoms. The second-order valence-corrected chi connectivity index (χ2v) is 4.39. The van der Waals surface area contributed by atoms with Crippen molar-refractivity contribution in [3.8, 4) is 0 Å². The van der Waals surface area contributed by atoms with Crippen LogP contribution in [0.15, 0.2) is 4.99 Å². The first kappa shape index (κ1) is 12.9. The van der Waals surface area contributed by atoms with Crippen LogP contribution in [0.1, 0.15) is 46.0 Å². The Morgan fingerprint density at radius 3 is 2.62 bits per heavy atom. The Hall–Kier alpha value is -1.15. The fourth-order valence-electron chi connectivity index (χ4n) is 1.93. The topological polar surface area (TPSA) is 55.7 Å². The Labute approximate surface area is 96.1 Å². The molecule has 1 aliphatic carbocycles. The van der Waals surface area contributed by atoms with Crippen LogP contribution >= 0.6 is 0 Å². The Kier molecular flexibility index (Phi) is 5.20. The van der Waals surface area contributed by atoms with Gasteiger partial charge in [0.25, 0.3) is 0 Å². The molecule has 1 aliphatic rings. The van der Waals surface area contributed by atoms with E-state index in [1.165, 1.54) is 6.08 Å². The predicted molar refractivity (Wildman–Crippen MR) is 59.7 cm³/mol. The average molecular weight is 225 g/mol. The monoisotopic (exact) mass is 225 g/mol. The summed E-state index contributed by atoms with van der Waals surface area (Å²) in [6, 6.07) is -0.678. The molecule has 0 saturated heterocycles. The molecule has 0 aromatic carbocycles. The Balaban J connectivity index is 2.55. The van der Waals surface area contributed by atoms with Crippen LogP contribution in [-0.4, -0.2) is 24.2 Å². The van der Waals surface area contributed by atoms with Gasteiger partial charge in [0.1, 0.15) is 6.10 Å². The lowest BCUT2D eigenvalue weighted by Gasteiger charge is -2.18. The molecule has 0 N–H and O–H groups in total. The summed E-state index contributed by atoms with van der Waals surface area (Å²) < 4.78 is 5.34. The molecule has 2 unspecified atom stereocenters. The quantitative estimate of drug-likeness (QED) is 0.409. The van der Waals surface area contributed by atoms with Gasteiger partial charge in [-0.15, -0.1) is 0 Å². The highest BCUT2D eigenvalue weighted by Gasteiger charge is 2.28. The summed E-state index contributed by atoms with van der Waals surface area (Å²) in [6.45, 7) is 3.85. The van der Waals surface area contributed by atoms with Gasteiger partial charge < -0.3 is 4.74 Å². The third-order valence-corrected chi connectivity index (χ3v) is 3.20. The highest BCUT2D eigenvalue weighted by molar-refractivity contribution is 5.77. The molecular formula is C12H19NO3. The first-order chi connectivity index (χ1) is 7.69. The molecule has 0 spiro atoms. The molecule has 1 rings (SSSR count). The van der Waals surface area contributed by atoms with E-state index >= 15 is 0 Å². The molecule has 0 aliphatic heterocycles. The summed E-state index contributed by atoms with van der Waals surface area (Å²) in [4.78, 5) is 25.6. The predicted octanol–water partition coefficient (Wildman–Crippen LogP) is 2.22. The van der Waals surface area contributed by atoms with Crippen molar-refractivity contribution >= 4 is 12.0 Å². The van der Waals surface area contributed by atoms with Crippen molar-refractivity contribution in [1.82, 2.24) is 0 Å². The Bertz CT molecular complexity index is 278. The number of carbonyl (C=O) groups is 1. The van der Waals surface area contributed by atoms with Crippen molar-refractivity contribution in [1.29, 1.82) is 0 Å². The molecule has 2 atom stereocenters. The number of nitrogens with zero attached hydrogens (tertiary/aromatic N) is 1. The first-order valence-electron chi connectivity index (χ1n) is 5.96. The molecular weight excluding hydrogens is 206 g/mol. The maximum Gasteiger partial charge on any atom is 0.332 e. The van der Waals surface area contributed by atoms with Crippen molar-refractivity contribution in [2.75, 3.05) is 0 Å². The van der Waals surface area contributed by atoms with Crippen LogP contribution in [0.2, 0.25) is 0 Å². The zero-order valence-corrected chi connectivity index (χ0v) is 9.94. The molecule has 0 heterocycles. The zero-order valence-electron chi connectivity index (χ0n) is 9.94. The summed E-state index contributed by atoms with van der Waals surface area (Å²) >= 11 is 0. The van der Waals surface area contributed by atoms with Gasteiger partial charge in [-0.3, -0.25) is 0 Å². The molecule has 4 nitrogen and oxygen atoms in total. The molecule has 16 heavy (non-hydrogen) atoms. The van der Waals surface area contributed by atoms with Crippen molar-refractivity contribution in [2.45, 2.75) is 58.1 Å². The van der Waals surface area contributed by atoms with Crippen LogP contribution in [-0.2, 0) is 14.3 Å². The number of hydrogen-bond acceptors (Lipinski definition) is 4. The van der Waals surface area contributed by atoms with Crippen LogP contribution in [0.5, 0.6) is 0 Å². The van der Waals surface area contributed by atoms with E-state index in [-0.39, 0.29) is 18.0 Å². The van der Waals surface area contributed by atoms with E-state index < -0.39 is 6.04 Å². The number of carbonyl (C=O) groups excluding carboxylic acids is 2. The maximum absolute atomic E-state index is 11.8. The minimum absolute atomic E-state index is 0.0235. The van der Waals surface area contributed by atoms with Gasteiger partial charge in [0.15, 0.2) is 6.04 Å². The smallest absolute Gasteiger partial charge is 0.332 e. The normalized spacial score (nSPS) is 19.9. The lowest BCUT2D eigenvalue weighted by molar-refractivity contribution is -0.151. The summed E-state index contributed by atoms with van der Waals surface area (Å²) in [7, 11) is 0. The summed E-state index contributed by atoms with van der Waals surface area (Å²) in [5, 5.41) is 0. The number of rotatable bonds is 5. The second kappa shape index (κ2) is 6.44. The second-order valence-electron chi connectivity index (χ2n) is 4.39. The minimum Gasteiger partial charge on any atom is -0.461 e. The number of isocyanates is 1. The molecule has 0 radical (unpaired) electrons. The maximum atomic E-state index is 11.8. The number of esters is 1. The lowest BCUT2D eigenvalue weighted by Crippen LogP contribution is -2.30. The molecule has 1 fully saturated rings. The van der Waals surface area contributed by atoms with E-state index in [1.54, 1.807) is 0 Å². The first-order valence-corrected chi connectivity index (χ1v) is 5.96. The van der Waals surface area contributed by atoms with E-state index in [1.807, 2.05) is 13.8 Å². The zero-order chi connectivity index (χ0) is 12.0. The van der Waals surface area contributed by atoms with Crippen LogP contribution in [0.4, 0.5) is 0 Å². The molecule has 90 valence electrons. The average Bonchev–Trinajstić information content (AvgIpc) is 2.77. The van der Waals surface area contributed by atoms with Crippen LogP contribution in [0.25, 0.3) is 0 Å². The minimum atomic E-state index is -0.678. The third kappa shape index (κ3) is 3.46. The summed E-state index contributed by atoms with van der Waals surface area (Å²) in [5.74, 6) is -0.347. The molecule has 0 aromatic rings. The van der Waals surface area contributed by atoms with Gasteiger partial charge in [0, 0.05) is 0 Å². The molecule has 1 saturated carbocycles. The van der Waals surface area contributed by atoms with Crippen molar-refractivity contribution in [3.63, 3.8) is 0 Å².